The van der Waals surface area contributed by atoms with Gasteiger partial charge in [-0.15, -0.1) is 0 Å². The fraction of sp³-hybridized carbons (Fsp3) is 0.381. The lowest BCUT2D eigenvalue weighted by molar-refractivity contribution is -0.117. The van der Waals surface area contributed by atoms with Crippen LogP contribution >= 0.6 is 0 Å². The average molecular weight is 363 g/mol. The second-order valence-electron chi connectivity index (χ2n) is 7.43. The number of aryl methyl sites for hydroxylation is 5. The van der Waals surface area contributed by atoms with Crippen molar-refractivity contribution in [2.24, 2.45) is 5.92 Å². The molecule has 0 radical (unpaired) electrons. The smallest absolute Gasteiger partial charge is 0.227 e. The molecular weight excluding hydrogens is 338 g/mol. The van der Waals surface area contributed by atoms with Crippen molar-refractivity contribution in [2.75, 3.05) is 11.1 Å². The first-order valence-corrected chi connectivity index (χ1v) is 9.43. The van der Waals surface area contributed by atoms with E-state index < -0.39 is 0 Å². The highest BCUT2D eigenvalue weighted by molar-refractivity contribution is 5.94. The largest absolute Gasteiger partial charge is 0.382 e. The number of imidazole rings is 1. The monoisotopic (exact) mass is 363 g/mol. The maximum absolute atomic E-state index is 12.0. The average Bonchev–Trinajstić information content (AvgIpc) is 3.42. The first kappa shape index (κ1) is 17.5. The molecule has 0 atom stereocenters. The quantitative estimate of drug-likeness (QED) is 0.726. The molecule has 6 heteroatoms. The minimum absolute atomic E-state index is 0.137. The maximum atomic E-state index is 12.0. The van der Waals surface area contributed by atoms with Crippen molar-refractivity contribution in [3.05, 3.63) is 46.9 Å². The SMILES string of the molecule is Cc1nc(N)c2nc(C)n(CCc3cccc(NC(=O)C4CC4)c3)c2c1C. The van der Waals surface area contributed by atoms with Gasteiger partial charge in [-0.25, -0.2) is 9.97 Å². The fourth-order valence-electron chi connectivity index (χ4n) is 3.52. The van der Waals surface area contributed by atoms with Gasteiger partial charge in [-0.05, 0) is 63.3 Å². The predicted octanol–water partition coefficient (Wildman–Crippen LogP) is 3.53. The number of nitrogens with two attached hydrogens (primary N) is 1. The number of carbonyl (C=O) groups is 1. The summed E-state index contributed by atoms with van der Waals surface area (Å²) in [4.78, 5) is 21.0. The summed E-state index contributed by atoms with van der Waals surface area (Å²) in [6.45, 7) is 6.84. The number of nitrogens with one attached hydrogen (secondary N) is 1. The maximum Gasteiger partial charge on any atom is 0.227 e. The Hall–Kier alpha value is -2.89. The third-order valence-corrected chi connectivity index (χ3v) is 5.35. The Bertz CT molecular complexity index is 1030. The molecule has 0 saturated heterocycles. The van der Waals surface area contributed by atoms with Crippen LogP contribution in [0.4, 0.5) is 11.5 Å². The van der Waals surface area contributed by atoms with Gasteiger partial charge in [0.15, 0.2) is 5.82 Å². The molecule has 0 aliphatic heterocycles. The number of fused-ring (bicyclic) bond motifs is 1. The summed E-state index contributed by atoms with van der Waals surface area (Å²) in [7, 11) is 0. The molecule has 1 aromatic carbocycles. The van der Waals surface area contributed by atoms with Gasteiger partial charge in [0.1, 0.15) is 11.3 Å². The van der Waals surface area contributed by atoms with Crippen LogP contribution in [0.2, 0.25) is 0 Å². The molecule has 4 rings (SSSR count). The van der Waals surface area contributed by atoms with E-state index in [1.165, 1.54) is 5.56 Å². The second-order valence-corrected chi connectivity index (χ2v) is 7.43. The lowest BCUT2D eigenvalue weighted by Crippen LogP contribution is -2.13. The van der Waals surface area contributed by atoms with Crippen LogP contribution in [-0.4, -0.2) is 20.4 Å². The van der Waals surface area contributed by atoms with Crippen molar-refractivity contribution in [2.45, 2.75) is 46.6 Å². The van der Waals surface area contributed by atoms with Crippen LogP contribution in [0.1, 0.15) is 35.5 Å². The molecular formula is C21H25N5O. The molecule has 1 fully saturated rings. The summed E-state index contributed by atoms with van der Waals surface area (Å²) in [6, 6.07) is 8.09. The number of hydrogen-bond donors (Lipinski definition) is 2. The van der Waals surface area contributed by atoms with Crippen LogP contribution in [0, 0.1) is 26.7 Å². The highest BCUT2D eigenvalue weighted by Gasteiger charge is 2.29. The lowest BCUT2D eigenvalue weighted by Gasteiger charge is -2.11. The van der Waals surface area contributed by atoms with Gasteiger partial charge in [-0.2, -0.15) is 0 Å². The normalized spacial score (nSPS) is 13.9. The molecule has 27 heavy (non-hydrogen) atoms. The van der Waals surface area contributed by atoms with Gasteiger partial charge in [0.05, 0.1) is 5.52 Å². The van der Waals surface area contributed by atoms with Crippen molar-refractivity contribution in [1.82, 2.24) is 14.5 Å². The van der Waals surface area contributed by atoms with Gasteiger partial charge in [0.25, 0.3) is 0 Å². The van der Waals surface area contributed by atoms with Gasteiger partial charge >= 0.3 is 0 Å². The number of benzene rings is 1. The lowest BCUT2D eigenvalue weighted by atomic mass is 10.1. The number of anilines is 2. The Kier molecular flexibility index (Phi) is 4.34. The number of amides is 1. The number of nitrogens with zero attached hydrogens (tertiary/aromatic N) is 3. The van der Waals surface area contributed by atoms with Crippen molar-refractivity contribution in [3.63, 3.8) is 0 Å². The van der Waals surface area contributed by atoms with Crippen LogP contribution in [0.3, 0.4) is 0 Å². The summed E-state index contributed by atoms with van der Waals surface area (Å²) in [5.41, 5.74) is 12.0. The third-order valence-electron chi connectivity index (χ3n) is 5.35. The third kappa shape index (κ3) is 3.39. The Balaban J connectivity index is 1.57. The van der Waals surface area contributed by atoms with E-state index in [2.05, 4.69) is 38.9 Å². The molecule has 1 saturated carbocycles. The molecule has 0 unspecified atom stereocenters. The molecule has 140 valence electrons. The number of aromatic nitrogens is 3. The van der Waals surface area contributed by atoms with Crippen molar-refractivity contribution < 1.29 is 4.79 Å². The van der Waals surface area contributed by atoms with E-state index in [1.54, 1.807) is 0 Å². The molecule has 1 amide bonds. The van der Waals surface area contributed by atoms with E-state index in [0.29, 0.717) is 5.82 Å². The van der Waals surface area contributed by atoms with Crippen LogP contribution in [0.5, 0.6) is 0 Å². The van der Waals surface area contributed by atoms with E-state index >= 15 is 0 Å². The summed E-state index contributed by atoms with van der Waals surface area (Å²) < 4.78 is 2.21. The van der Waals surface area contributed by atoms with E-state index in [0.717, 1.165) is 59.6 Å². The van der Waals surface area contributed by atoms with E-state index in [-0.39, 0.29) is 11.8 Å². The van der Waals surface area contributed by atoms with Crippen LogP contribution < -0.4 is 11.1 Å². The molecule has 3 aromatic rings. The minimum atomic E-state index is 0.137. The Morgan fingerprint density at radius 1 is 1.26 bits per heavy atom. The highest BCUT2D eigenvalue weighted by atomic mass is 16.2. The van der Waals surface area contributed by atoms with Gasteiger partial charge in [0.2, 0.25) is 5.91 Å². The number of carbonyl (C=O) groups excluding carboxylic acids is 1. The molecule has 2 heterocycles. The Morgan fingerprint density at radius 3 is 2.78 bits per heavy atom. The van der Waals surface area contributed by atoms with Crippen LogP contribution in [0.15, 0.2) is 24.3 Å². The van der Waals surface area contributed by atoms with Crippen molar-refractivity contribution in [3.8, 4) is 0 Å². The zero-order chi connectivity index (χ0) is 19.1. The first-order chi connectivity index (χ1) is 12.9. The predicted molar refractivity (Wildman–Crippen MR) is 108 cm³/mol. The standard InChI is InChI=1S/C21H25N5O/c1-12-13(2)23-20(22)18-19(12)26(14(3)24-18)10-9-15-5-4-6-17(11-15)25-21(27)16-7-8-16/h4-6,11,16H,7-10H2,1-3H3,(H2,22,23)(H,25,27). The minimum Gasteiger partial charge on any atom is -0.382 e. The van der Waals surface area contributed by atoms with Crippen molar-refractivity contribution >= 4 is 28.4 Å². The summed E-state index contributed by atoms with van der Waals surface area (Å²) in [5, 5.41) is 3.02. The molecule has 6 nitrogen and oxygen atoms in total. The molecule has 1 aliphatic rings. The Morgan fingerprint density at radius 2 is 2.04 bits per heavy atom. The molecule has 0 bridgehead atoms. The molecule has 2 aromatic heterocycles. The molecule has 1 aliphatic carbocycles. The Labute approximate surface area is 158 Å². The van der Waals surface area contributed by atoms with Crippen molar-refractivity contribution in [1.29, 1.82) is 0 Å². The van der Waals surface area contributed by atoms with Gasteiger partial charge in [0, 0.05) is 23.8 Å². The topological polar surface area (TPSA) is 85.8 Å². The van der Waals surface area contributed by atoms with Gasteiger partial charge in [-0.1, -0.05) is 12.1 Å². The van der Waals surface area contributed by atoms with E-state index in [4.69, 9.17) is 5.73 Å². The van der Waals surface area contributed by atoms with Gasteiger partial charge in [-0.3, -0.25) is 4.79 Å². The number of pyridine rings is 1. The summed E-state index contributed by atoms with van der Waals surface area (Å²) >= 11 is 0. The summed E-state index contributed by atoms with van der Waals surface area (Å²) in [6.07, 6.45) is 2.87. The second kappa shape index (κ2) is 6.68. The van der Waals surface area contributed by atoms with E-state index in [1.807, 2.05) is 26.0 Å². The fourth-order valence-corrected chi connectivity index (χ4v) is 3.52. The highest BCUT2D eigenvalue weighted by Crippen LogP contribution is 2.30. The number of hydrogen-bond acceptors (Lipinski definition) is 4. The van der Waals surface area contributed by atoms with E-state index in [9.17, 15) is 4.79 Å². The number of rotatable bonds is 5. The van der Waals surface area contributed by atoms with Crippen LogP contribution in [0.25, 0.3) is 11.0 Å². The first-order valence-electron chi connectivity index (χ1n) is 9.43. The summed E-state index contributed by atoms with van der Waals surface area (Å²) in [5.74, 6) is 1.77. The molecule has 3 N–H and O–H groups in total. The van der Waals surface area contributed by atoms with Gasteiger partial charge < -0.3 is 15.6 Å². The zero-order valence-corrected chi connectivity index (χ0v) is 16.0. The number of nitrogen functional groups attached to an aromatic ring is 1. The van der Waals surface area contributed by atoms with Crippen LogP contribution in [-0.2, 0) is 17.8 Å². The zero-order valence-electron chi connectivity index (χ0n) is 16.0. The molecule has 0 spiro atoms.